The van der Waals surface area contributed by atoms with E-state index >= 15 is 0 Å². The Hall–Kier alpha value is -3.51. The van der Waals surface area contributed by atoms with Crippen LogP contribution in [0.2, 0.25) is 5.02 Å². The lowest BCUT2D eigenvalue weighted by atomic mass is 10.0. The number of imidazole rings is 1. The van der Waals surface area contributed by atoms with E-state index < -0.39 is 5.97 Å². The van der Waals surface area contributed by atoms with Crippen molar-refractivity contribution in [2.45, 2.75) is 19.8 Å². The van der Waals surface area contributed by atoms with Crippen molar-refractivity contribution in [3.63, 3.8) is 0 Å². The van der Waals surface area contributed by atoms with E-state index in [0.717, 1.165) is 35.2 Å². The maximum Gasteiger partial charge on any atom is 0.458 e. The minimum Gasteiger partial charge on any atom is -0.478 e. The first-order valence-electron chi connectivity index (χ1n) is 10.6. The van der Waals surface area contributed by atoms with Crippen molar-refractivity contribution >= 4 is 34.3 Å². The second-order valence-corrected chi connectivity index (χ2v) is 8.49. The third kappa shape index (κ3) is 3.89. The van der Waals surface area contributed by atoms with Gasteiger partial charge in [-0.25, -0.2) is 14.8 Å². The quantitative estimate of drug-likeness (QED) is 0.410. The molecule has 2 heterocycles. The third-order valence-electron chi connectivity index (χ3n) is 5.91. The summed E-state index contributed by atoms with van der Waals surface area (Å²) >= 11 is 6.60. The summed E-state index contributed by atoms with van der Waals surface area (Å²) < 4.78 is 5.84. The third-order valence-corrected chi connectivity index (χ3v) is 6.23. The number of hydrogen-bond acceptors (Lipinski definition) is 3. The fourth-order valence-electron chi connectivity index (χ4n) is 4.17. The zero-order valence-electron chi connectivity index (χ0n) is 17.6. The molecule has 6 nitrogen and oxygen atoms in total. The fraction of sp³-hybridized carbons (Fsp3) is 0.200. The van der Waals surface area contributed by atoms with E-state index in [-0.39, 0.29) is 5.56 Å². The van der Waals surface area contributed by atoms with Crippen LogP contribution in [0.4, 0.5) is 5.69 Å². The van der Waals surface area contributed by atoms with E-state index in [1.54, 1.807) is 19.1 Å². The van der Waals surface area contributed by atoms with Crippen molar-refractivity contribution < 1.29 is 19.6 Å². The summed E-state index contributed by atoms with van der Waals surface area (Å²) in [6, 6.07) is 17.7. The average Bonchev–Trinajstić information content (AvgIpc) is 3.44. The van der Waals surface area contributed by atoms with E-state index in [1.807, 2.05) is 12.1 Å². The van der Waals surface area contributed by atoms with Crippen molar-refractivity contribution in [2.75, 3.05) is 18.0 Å². The van der Waals surface area contributed by atoms with Crippen molar-refractivity contribution in [1.29, 1.82) is 0 Å². The zero-order chi connectivity index (χ0) is 22.2. The summed E-state index contributed by atoms with van der Waals surface area (Å²) in [6.07, 6.45) is 2.50. The second kappa shape index (κ2) is 8.20. The topological polar surface area (TPSA) is 79.7 Å². The van der Waals surface area contributed by atoms with E-state index in [2.05, 4.69) is 39.1 Å². The molecule has 0 bridgehead atoms. The predicted molar refractivity (Wildman–Crippen MR) is 125 cm³/mol. The van der Waals surface area contributed by atoms with Crippen molar-refractivity contribution in [3.05, 3.63) is 70.7 Å². The van der Waals surface area contributed by atoms with Gasteiger partial charge in [-0.1, -0.05) is 29.8 Å². The van der Waals surface area contributed by atoms with Gasteiger partial charge in [0.2, 0.25) is 0 Å². The Morgan fingerprint density at radius 3 is 2.56 bits per heavy atom. The number of aryl methyl sites for hydroxylation is 1. The predicted octanol–water partition coefficient (Wildman–Crippen LogP) is 5.70. The summed E-state index contributed by atoms with van der Waals surface area (Å²) in [4.78, 5) is 20.2. The number of aromatic amines is 2. The highest BCUT2D eigenvalue weighted by atomic mass is 35.5. The lowest BCUT2D eigenvalue weighted by molar-refractivity contribution is -0.359. The number of benzene rings is 3. The van der Waals surface area contributed by atoms with Crippen LogP contribution in [0.5, 0.6) is 11.8 Å². The van der Waals surface area contributed by atoms with Crippen LogP contribution >= 0.6 is 11.6 Å². The normalized spacial score (nSPS) is 13.6. The molecule has 1 saturated heterocycles. The van der Waals surface area contributed by atoms with Gasteiger partial charge in [-0.3, -0.25) is 0 Å². The molecule has 5 rings (SSSR count). The van der Waals surface area contributed by atoms with Gasteiger partial charge in [0.15, 0.2) is 11.0 Å². The van der Waals surface area contributed by atoms with Gasteiger partial charge < -0.3 is 14.7 Å². The molecule has 4 aromatic rings. The number of aromatic nitrogens is 2. The zero-order valence-corrected chi connectivity index (χ0v) is 18.4. The molecule has 0 saturated carbocycles. The van der Waals surface area contributed by atoms with Crippen molar-refractivity contribution in [2.24, 2.45) is 0 Å². The molecule has 0 amide bonds. The number of fused-ring (bicyclic) bond motifs is 1. The standard InChI is InChI=1S/C25H22ClN3O3/c1-15-4-9-18(12-19(15)24(30)31)32-25-27-22-13-20(21(26)14-23(22)28-25)16-5-7-17(8-6-16)29-10-2-3-11-29/h4-9,12-14H,2-3,10-11H2,1H3,(H,27,28)(H,30,31)/p+1. The van der Waals surface area contributed by atoms with Crippen molar-refractivity contribution in [1.82, 2.24) is 4.98 Å². The highest BCUT2D eigenvalue weighted by Gasteiger charge is 2.18. The molecule has 1 aromatic heterocycles. The monoisotopic (exact) mass is 448 g/mol. The number of aromatic carboxylic acids is 1. The number of nitrogens with zero attached hydrogens (tertiary/aromatic N) is 1. The molecule has 3 N–H and O–H groups in total. The number of carboxylic acid groups (broad SMARTS) is 1. The number of ether oxygens (including phenoxy) is 1. The molecule has 0 spiro atoms. The van der Waals surface area contributed by atoms with Gasteiger partial charge in [0.25, 0.3) is 0 Å². The summed E-state index contributed by atoms with van der Waals surface area (Å²) in [5.74, 6) is -0.555. The molecular weight excluding hydrogens is 426 g/mol. The molecule has 1 fully saturated rings. The Labute approximate surface area is 190 Å². The Kier molecular flexibility index (Phi) is 5.23. The van der Waals surface area contributed by atoms with Gasteiger partial charge in [-0.2, -0.15) is 0 Å². The van der Waals surface area contributed by atoms with Crippen LogP contribution in [-0.2, 0) is 0 Å². The highest BCUT2D eigenvalue weighted by Crippen LogP contribution is 2.33. The Morgan fingerprint density at radius 2 is 1.84 bits per heavy atom. The molecule has 1 aliphatic heterocycles. The number of anilines is 1. The molecule has 0 atom stereocenters. The summed E-state index contributed by atoms with van der Waals surface area (Å²) in [7, 11) is 0. The van der Waals surface area contributed by atoms with Gasteiger partial charge in [0.05, 0.1) is 10.6 Å². The largest absolute Gasteiger partial charge is 0.478 e. The Balaban J connectivity index is 1.43. The number of halogens is 1. The van der Waals surface area contributed by atoms with E-state index in [9.17, 15) is 9.90 Å². The summed E-state index contributed by atoms with van der Waals surface area (Å²) in [6.45, 7) is 3.98. The molecule has 0 radical (unpaired) electrons. The fourth-order valence-corrected chi connectivity index (χ4v) is 4.44. The van der Waals surface area contributed by atoms with Gasteiger partial charge in [0.1, 0.15) is 5.75 Å². The van der Waals surface area contributed by atoms with Crippen LogP contribution in [0.25, 0.3) is 22.2 Å². The van der Waals surface area contributed by atoms with Gasteiger partial charge in [-0.05, 0) is 61.2 Å². The molecule has 162 valence electrons. The van der Waals surface area contributed by atoms with Crippen LogP contribution in [0.3, 0.4) is 0 Å². The summed E-state index contributed by atoms with van der Waals surface area (Å²) in [5.41, 5.74) is 5.74. The molecule has 0 aliphatic carbocycles. The van der Waals surface area contributed by atoms with Crippen LogP contribution < -0.4 is 14.6 Å². The van der Waals surface area contributed by atoms with Crippen LogP contribution in [0.1, 0.15) is 28.8 Å². The number of H-pyrrole nitrogens is 2. The SMILES string of the molecule is Cc1ccc(Oc2[nH]c3cc(Cl)c(-c4ccc(N5CCCC5)cc4)cc3[nH+]2)cc1C(=O)O. The molecule has 7 heteroatoms. The number of carbonyl (C=O) groups is 1. The molecule has 0 unspecified atom stereocenters. The Morgan fingerprint density at radius 1 is 1.09 bits per heavy atom. The smallest absolute Gasteiger partial charge is 0.458 e. The summed E-state index contributed by atoms with van der Waals surface area (Å²) in [5, 5.41) is 9.97. The van der Waals surface area contributed by atoms with Crippen molar-refractivity contribution in [3.8, 4) is 22.9 Å². The number of hydrogen-bond donors (Lipinski definition) is 2. The first-order chi connectivity index (χ1) is 15.5. The van der Waals surface area contributed by atoms with Gasteiger partial charge in [0, 0.05) is 30.4 Å². The lowest BCUT2D eigenvalue weighted by Crippen LogP contribution is -2.17. The second-order valence-electron chi connectivity index (χ2n) is 8.08. The number of rotatable bonds is 5. The minimum atomic E-state index is -0.985. The Bertz CT molecular complexity index is 1310. The van der Waals surface area contributed by atoms with E-state index in [1.165, 1.54) is 24.6 Å². The maximum atomic E-state index is 11.4. The molecule has 3 aromatic carbocycles. The highest BCUT2D eigenvalue weighted by molar-refractivity contribution is 6.34. The minimum absolute atomic E-state index is 0.210. The van der Waals surface area contributed by atoms with Crippen LogP contribution in [0.15, 0.2) is 54.6 Å². The first kappa shape index (κ1) is 20.4. The average molecular weight is 449 g/mol. The van der Waals surface area contributed by atoms with Crippen LogP contribution in [-0.4, -0.2) is 29.1 Å². The van der Waals surface area contributed by atoms with Crippen LogP contribution in [0, 0.1) is 6.92 Å². The number of nitrogens with one attached hydrogen (secondary N) is 2. The lowest BCUT2D eigenvalue weighted by Gasteiger charge is -2.17. The van der Waals surface area contributed by atoms with E-state index in [0.29, 0.717) is 22.3 Å². The molecular formula is C25H23ClN3O3+. The molecule has 32 heavy (non-hydrogen) atoms. The number of carboxylic acids is 1. The van der Waals surface area contributed by atoms with E-state index in [4.69, 9.17) is 16.3 Å². The van der Waals surface area contributed by atoms with Gasteiger partial charge >= 0.3 is 12.0 Å². The van der Waals surface area contributed by atoms with Gasteiger partial charge in [-0.15, -0.1) is 0 Å². The molecule has 1 aliphatic rings. The first-order valence-corrected chi connectivity index (χ1v) is 11.0. The maximum absolute atomic E-state index is 11.4.